The molecule has 0 spiro atoms. The van der Waals surface area contributed by atoms with E-state index in [1.807, 2.05) is 30.3 Å². The molecule has 0 amide bonds. The van der Waals surface area contributed by atoms with Crippen molar-refractivity contribution in [3.8, 4) is 11.5 Å². The van der Waals surface area contributed by atoms with Crippen LogP contribution in [-0.2, 0) is 0 Å². The number of benzene rings is 2. The lowest BCUT2D eigenvalue weighted by molar-refractivity contribution is 0.0747. The largest absolute Gasteiger partial charge is 0.493 e. The molecule has 8 nitrogen and oxygen atoms in total. The number of aromatic nitrogens is 3. The van der Waals surface area contributed by atoms with Crippen molar-refractivity contribution >= 4 is 44.9 Å². The molecular weight excluding hydrogens is 442 g/mol. The van der Waals surface area contributed by atoms with E-state index in [2.05, 4.69) is 25.2 Å². The molecule has 2 aromatic carbocycles. The summed E-state index contributed by atoms with van der Waals surface area (Å²) in [5, 5.41) is 16.2. The van der Waals surface area contributed by atoms with E-state index in [1.165, 1.54) is 19.2 Å². The van der Waals surface area contributed by atoms with Crippen molar-refractivity contribution in [2.75, 3.05) is 38.7 Å². The van der Waals surface area contributed by atoms with Gasteiger partial charge in [0.05, 0.1) is 28.9 Å². The van der Waals surface area contributed by atoms with E-state index in [4.69, 9.17) is 21.1 Å². The highest BCUT2D eigenvalue weighted by Gasteiger charge is 2.18. The van der Waals surface area contributed by atoms with Crippen molar-refractivity contribution in [2.45, 2.75) is 18.9 Å². The van der Waals surface area contributed by atoms with Gasteiger partial charge < -0.3 is 29.8 Å². The number of hydrogen-bond donors (Lipinski definition) is 3. The van der Waals surface area contributed by atoms with Gasteiger partial charge in [-0.2, -0.15) is 0 Å². The number of nitrogens with one attached hydrogen (secondary N) is 2. The SMILES string of the molecule is COc1cc2c(Nc3cccc4c(Cl)c[nH]c34)ncnc2cc1OCC(O)CN1CCCC1. The van der Waals surface area contributed by atoms with E-state index in [0.29, 0.717) is 34.4 Å². The highest BCUT2D eigenvalue weighted by Crippen LogP contribution is 2.36. The smallest absolute Gasteiger partial charge is 0.163 e. The Kier molecular flexibility index (Phi) is 6.22. The molecule has 5 rings (SSSR count). The van der Waals surface area contributed by atoms with Gasteiger partial charge in [-0.15, -0.1) is 0 Å². The monoisotopic (exact) mass is 467 g/mol. The fourth-order valence-electron chi connectivity index (χ4n) is 4.29. The number of rotatable bonds is 8. The minimum absolute atomic E-state index is 0.185. The van der Waals surface area contributed by atoms with Crippen LogP contribution in [0.4, 0.5) is 11.5 Å². The molecule has 1 unspecified atom stereocenters. The van der Waals surface area contributed by atoms with Gasteiger partial charge >= 0.3 is 0 Å². The summed E-state index contributed by atoms with van der Waals surface area (Å²) in [7, 11) is 1.59. The van der Waals surface area contributed by atoms with Gasteiger partial charge in [0.25, 0.3) is 0 Å². The highest BCUT2D eigenvalue weighted by molar-refractivity contribution is 6.36. The van der Waals surface area contributed by atoms with Crippen LogP contribution in [0.5, 0.6) is 11.5 Å². The maximum absolute atomic E-state index is 10.4. The van der Waals surface area contributed by atoms with Crippen LogP contribution in [0, 0.1) is 0 Å². The predicted octanol–water partition coefficient (Wildman–Crippen LogP) is 4.35. The second-order valence-corrected chi connectivity index (χ2v) is 8.61. The van der Waals surface area contributed by atoms with Crippen LogP contribution in [0.3, 0.4) is 0 Å². The molecule has 1 aliphatic heterocycles. The van der Waals surface area contributed by atoms with E-state index >= 15 is 0 Å². The van der Waals surface area contributed by atoms with E-state index in [1.54, 1.807) is 13.3 Å². The average Bonchev–Trinajstić information content (AvgIpc) is 3.47. The summed E-state index contributed by atoms with van der Waals surface area (Å²) in [6.07, 6.45) is 5.08. The van der Waals surface area contributed by atoms with Crippen molar-refractivity contribution in [3.63, 3.8) is 0 Å². The molecule has 1 atom stereocenters. The molecule has 1 saturated heterocycles. The first kappa shape index (κ1) is 21.8. The third-order valence-corrected chi connectivity index (χ3v) is 6.25. The van der Waals surface area contributed by atoms with Gasteiger partial charge in [0.15, 0.2) is 11.5 Å². The lowest BCUT2D eigenvalue weighted by atomic mass is 10.2. The molecule has 1 aliphatic rings. The van der Waals surface area contributed by atoms with Crippen molar-refractivity contribution in [1.82, 2.24) is 19.9 Å². The van der Waals surface area contributed by atoms with E-state index in [-0.39, 0.29) is 6.61 Å². The standard InChI is InChI=1S/C24H26ClN5O3/c1-32-21-9-17-20(10-22(21)33-13-15(31)12-30-7-2-3-8-30)27-14-28-24(17)29-19-6-4-5-16-18(25)11-26-23(16)19/h4-6,9-11,14-15,26,31H,2-3,7-8,12-13H2,1H3,(H,27,28,29). The minimum atomic E-state index is -0.570. The Morgan fingerprint density at radius 1 is 1.18 bits per heavy atom. The Bertz CT molecular complexity index is 1270. The molecule has 2 aromatic heterocycles. The van der Waals surface area contributed by atoms with Crippen molar-refractivity contribution in [3.05, 3.63) is 47.9 Å². The first-order valence-electron chi connectivity index (χ1n) is 11.0. The number of aliphatic hydroxyl groups excluding tert-OH is 1. The number of β-amino-alcohol motifs (C(OH)–C–C–N with tert-alkyl or cyclic N) is 1. The summed E-state index contributed by atoms with van der Waals surface area (Å²) in [5.41, 5.74) is 2.45. The fourth-order valence-corrected chi connectivity index (χ4v) is 4.50. The molecule has 0 radical (unpaired) electrons. The first-order valence-corrected chi connectivity index (χ1v) is 11.4. The lowest BCUT2D eigenvalue weighted by Gasteiger charge is -2.20. The molecule has 3 heterocycles. The van der Waals surface area contributed by atoms with Crippen LogP contribution in [0.1, 0.15) is 12.8 Å². The van der Waals surface area contributed by atoms with Crippen molar-refractivity contribution < 1.29 is 14.6 Å². The minimum Gasteiger partial charge on any atom is -0.493 e. The van der Waals surface area contributed by atoms with Crippen molar-refractivity contribution in [1.29, 1.82) is 0 Å². The van der Waals surface area contributed by atoms with E-state index in [0.717, 1.165) is 35.1 Å². The second kappa shape index (κ2) is 9.43. The number of fused-ring (bicyclic) bond motifs is 2. The van der Waals surface area contributed by atoms with Gasteiger partial charge in [0.1, 0.15) is 24.9 Å². The number of likely N-dealkylation sites (tertiary alicyclic amines) is 1. The molecular formula is C24H26ClN5O3. The zero-order chi connectivity index (χ0) is 22.8. The van der Waals surface area contributed by atoms with Crippen LogP contribution < -0.4 is 14.8 Å². The van der Waals surface area contributed by atoms with Gasteiger partial charge in [-0.25, -0.2) is 9.97 Å². The van der Waals surface area contributed by atoms with E-state index < -0.39 is 6.10 Å². The Balaban J connectivity index is 1.40. The maximum atomic E-state index is 10.4. The van der Waals surface area contributed by atoms with Crippen LogP contribution in [0.25, 0.3) is 21.8 Å². The Labute approximate surface area is 196 Å². The van der Waals surface area contributed by atoms with Gasteiger partial charge in [0, 0.05) is 29.6 Å². The maximum Gasteiger partial charge on any atom is 0.163 e. The van der Waals surface area contributed by atoms with Crippen LogP contribution >= 0.6 is 11.6 Å². The average molecular weight is 468 g/mol. The number of nitrogens with zero attached hydrogens (tertiary/aromatic N) is 3. The molecule has 0 bridgehead atoms. The summed E-state index contributed by atoms with van der Waals surface area (Å²) in [4.78, 5) is 14.3. The van der Waals surface area contributed by atoms with Crippen LogP contribution in [-0.4, -0.2) is 64.4 Å². The molecule has 1 fully saturated rings. The second-order valence-electron chi connectivity index (χ2n) is 8.20. The third kappa shape index (κ3) is 4.55. The topological polar surface area (TPSA) is 95.5 Å². The van der Waals surface area contributed by atoms with Crippen molar-refractivity contribution in [2.24, 2.45) is 0 Å². The molecule has 0 aliphatic carbocycles. The van der Waals surface area contributed by atoms with Gasteiger partial charge in [-0.05, 0) is 38.1 Å². The van der Waals surface area contributed by atoms with Gasteiger partial charge in [-0.1, -0.05) is 23.7 Å². The molecule has 3 N–H and O–H groups in total. The Hall–Kier alpha value is -3.07. The molecule has 4 aromatic rings. The predicted molar refractivity (Wildman–Crippen MR) is 130 cm³/mol. The fraction of sp³-hybridized carbons (Fsp3) is 0.333. The normalized spacial score (nSPS) is 15.2. The summed E-state index contributed by atoms with van der Waals surface area (Å²) < 4.78 is 11.5. The number of aliphatic hydroxyl groups is 1. The van der Waals surface area contributed by atoms with Crippen LogP contribution in [0.15, 0.2) is 42.9 Å². The number of hydrogen-bond acceptors (Lipinski definition) is 7. The summed E-state index contributed by atoms with van der Waals surface area (Å²) in [6.45, 7) is 2.86. The van der Waals surface area contributed by atoms with Gasteiger partial charge in [0.2, 0.25) is 0 Å². The number of para-hydroxylation sites is 1. The Morgan fingerprint density at radius 2 is 2.03 bits per heavy atom. The number of halogens is 1. The number of H-pyrrole nitrogens is 1. The molecule has 33 heavy (non-hydrogen) atoms. The zero-order valence-electron chi connectivity index (χ0n) is 18.3. The summed E-state index contributed by atoms with van der Waals surface area (Å²) >= 11 is 6.26. The van der Waals surface area contributed by atoms with Gasteiger partial charge in [-0.3, -0.25) is 0 Å². The number of ether oxygens (including phenoxy) is 2. The highest BCUT2D eigenvalue weighted by atomic mass is 35.5. The molecule has 0 saturated carbocycles. The molecule has 9 heteroatoms. The van der Waals surface area contributed by atoms with Crippen LogP contribution in [0.2, 0.25) is 5.02 Å². The zero-order valence-corrected chi connectivity index (χ0v) is 19.1. The van der Waals surface area contributed by atoms with E-state index in [9.17, 15) is 5.11 Å². The molecule has 172 valence electrons. The quantitative estimate of drug-likeness (QED) is 0.354. The number of anilines is 2. The Morgan fingerprint density at radius 3 is 2.85 bits per heavy atom. The summed E-state index contributed by atoms with van der Waals surface area (Å²) in [5.74, 6) is 1.72. The first-order chi connectivity index (χ1) is 16.1. The number of methoxy groups -OCH3 is 1. The summed E-state index contributed by atoms with van der Waals surface area (Å²) in [6, 6.07) is 9.52. The number of aromatic amines is 1. The lowest BCUT2D eigenvalue weighted by Crippen LogP contribution is -2.33. The third-order valence-electron chi connectivity index (χ3n) is 5.94.